The molecule has 1 aliphatic rings. The molecule has 0 radical (unpaired) electrons. The van der Waals surface area contributed by atoms with Crippen LogP contribution in [0, 0.1) is 0 Å². The van der Waals surface area contributed by atoms with Gasteiger partial charge in [0.05, 0.1) is 13.7 Å². The van der Waals surface area contributed by atoms with E-state index in [-0.39, 0.29) is 12.5 Å². The van der Waals surface area contributed by atoms with Crippen LogP contribution in [0.2, 0.25) is 0 Å². The zero-order chi connectivity index (χ0) is 23.7. The maximum absolute atomic E-state index is 13.1. The molecule has 4 aromatic rings. The first-order valence-electron chi connectivity index (χ1n) is 11.7. The predicted octanol–water partition coefficient (Wildman–Crippen LogP) is 4.24. The molecule has 0 aliphatic heterocycles. The summed E-state index contributed by atoms with van der Waals surface area (Å²) in [5.74, 6) is 0.554. The van der Waals surface area contributed by atoms with Crippen molar-refractivity contribution in [3.05, 3.63) is 66.0 Å². The summed E-state index contributed by atoms with van der Waals surface area (Å²) in [6, 6.07) is 16.9. The zero-order valence-corrected chi connectivity index (χ0v) is 19.7. The number of hydrogen-bond acceptors (Lipinski definition) is 4. The van der Waals surface area contributed by atoms with E-state index in [1.165, 1.54) is 29.3 Å². The molecule has 1 saturated carbocycles. The first kappa shape index (κ1) is 22.2. The quantitative estimate of drug-likeness (QED) is 0.361. The third kappa shape index (κ3) is 4.56. The minimum Gasteiger partial charge on any atom is -0.497 e. The van der Waals surface area contributed by atoms with Crippen molar-refractivity contribution in [1.29, 1.82) is 0 Å². The largest absolute Gasteiger partial charge is 0.497 e. The highest BCUT2D eigenvalue weighted by atomic mass is 16.5. The van der Waals surface area contributed by atoms with E-state index in [1.807, 2.05) is 31.3 Å². The van der Waals surface area contributed by atoms with Crippen LogP contribution < -0.4 is 4.74 Å². The van der Waals surface area contributed by atoms with Gasteiger partial charge in [0.1, 0.15) is 17.7 Å². The van der Waals surface area contributed by atoms with E-state index in [4.69, 9.17) is 4.74 Å². The number of fused-ring (bicyclic) bond motifs is 2. The number of rotatable bonds is 10. The Morgan fingerprint density at radius 1 is 1.12 bits per heavy atom. The van der Waals surface area contributed by atoms with Crippen molar-refractivity contribution in [2.45, 2.75) is 25.4 Å². The highest BCUT2D eigenvalue weighted by Crippen LogP contribution is 2.38. The molecule has 1 aliphatic carbocycles. The molecule has 2 heterocycles. The molecule has 1 N–H and O–H groups in total. The second-order valence-corrected chi connectivity index (χ2v) is 9.14. The van der Waals surface area contributed by atoms with Gasteiger partial charge in [-0.15, -0.1) is 0 Å². The van der Waals surface area contributed by atoms with Crippen molar-refractivity contribution in [2.24, 2.45) is 0 Å². The van der Waals surface area contributed by atoms with Crippen molar-refractivity contribution in [1.82, 2.24) is 19.4 Å². The Balaban J connectivity index is 1.24. The fourth-order valence-corrected chi connectivity index (χ4v) is 4.54. The fourth-order valence-electron chi connectivity index (χ4n) is 4.54. The highest BCUT2D eigenvalue weighted by Gasteiger charge is 2.24. The molecule has 2 aromatic carbocycles. The van der Waals surface area contributed by atoms with Crippen LogP contribution in [0.5, 0.6) is 5.75 Å². The number of benzene rings is 2. The number of H-pyrrole nitrogens is 1. The second kappa shape index (κ2) is 9.35. The summed E-state index contributed by atoms with van der Waals surface area (Å²) in [5, 5.41) is 2.18. The number of hydrogen-bond donors (Lipinski definition) is 1. The van der Waals surface area contributed by atoms with Gasteiger partial charge < -0.3 is 28.9 Å². The monoisotopic (exact) mass is 458 g/mol. The summed E-state index contributed by atoms with van der Waals surface area (Å²) in [6.45, 7) is 1.97. The molecule has 1 amide bonds. The fraction of sp³-hybridized carbons (Fsp3) is 0.333. The van der Waals surface area contributed by atoms with Gasteiger partial charge in [0.15, 0.2) is 0 Å². The van der Waals surface area contributed by atoms with Gasteiger partial charge in [-0.25, -0.2) is 0 Å². The maximum Gasteiger partial charge on any atom is 0.270 e. The SMILES string of the molecule is COc1ccc2[nH]c(C(=O)N(CC=O)CCN(C)Cc3ccc4ccn(C5CC5)c4c3)cc2c1. The van der Waals surface area contributed by atoms with E-state index < -0.39 is 0 Å². The molecule has 34 heavy (non-hydrogen) atoms. The number of nitrogens with zero attached hydrogens (tertiary/aromatic N) is 3. The Morgan fingerprint density at radius 3 is 2.74 bits per heavy atom. The van der Waals surface area contributed by atoms with Crippen molar-refractivity contribution < 1.29 is 14.3 Å². The molecule has 2 aromatic heterocycles. The number of likely N-dealkylation sites (N-methyl/N-ethyl adjacent to an activating group) is 1. The topological polar surface area (TPSA) is 70.6 Å². The molecule has 0 spiro atoms. The standard InChI is InChI=1S/C27H30N4O3/c1-29(18-19-3-4-20-9-10-31(22-5-6-22)26(20)15-19)11-12-30(13-14-32)27(33)25-17-21-16-23(34-2)7-8-24(21)28-25/h3-4,7-10,14-17,22,28H,5-6,11-13,18H2,1-2H3. The van der Waals surface area contributed by atoms with Crippen LogP contribution in [0.4, 0.5) is 0 Å². The number of methoxy groups -OCH3 is 1. The van der Waals surface area contributed by atoms with Crippen LogP contribution in [0.1, 0.15) is 34.9 Å². The number of amides is 1. The lowest BCUT2D eigenvalue weighted by Gasteiger charge is -2.24. The van der Waals surface area contributed by atoms with E-state index in [0.717, 1.165) is 29.5 Å². The summed E-state index contributed by atoms with van der Waals surface area (Å²) < 4.78 is 7.66. The van der Waals surface area contributed by atoms with Gasteiger partial charge in [-0.05, 0) is 67.2 Å². The molecule has 0 saturated heterocycles. The Kier molecular flexibility index (Phi) is 6.11. The molecular weight excluding hydrogens is 428 g/mol. The van der Waals surface area contributed by atoms with E-state index in [9.17, 15) is 9.59 Å². The third-order valence-corrected chi connectivity index (χ3v) is 6.57. The smallest absolute Gasteiger partial charge is 0.270 e. The molecule has 5 rings (SSSR count). The van der Waals surface area contributed by atoms with Crippen molar-refractivity contribution >= 4 is 34.0 Å². The van der Waals surface area contributed by atoms with Crippen LogP contribution >= 0.6 is 0 Å². The minimum atomic E-state index is -0.181. The van der Waals surface area contributed by atoms with E-state index in [2.05, 4.69) is 44.9 Å². The summed E-state index contributed by atoms with van der Waals surface area (Å²) in [7, 11) is 3.66. The van der Waals surface area contributed by atoms with Crippen molar-refractivity contribution in [2.75, 3.05) is 33.8 Å². The van der Waals surface area contributed by atoms with E-state index in [0.29, 0.717) is 24.8 Å². The number of ether oxygens (including phenoxy) is 1. The van der Waals surface area contributed by atoms with Gasteiger partial charge in [0, 0.05) is 48.3 Å². The lowest BCUT2D eigenvalue weighted by molar-refractivity contribution is -0.108. The van der Waals surface area contributed by atoms with Crippen LogP contribution in [-0.2, 0) is 11.3 Å². The highest BCUT2D eigenvalue weighted by molar-refractivity contribution is 5.99. The van der Waals surface area contributed by atoms with Gasteiger partial charge >= 0.3 is 0 Å². The lowest BCUT2D eigenvalue weighted by atomic mass is 10.1. The van der Waals surface area contributed by atoms with Crippen LogP contribution in [0.15, 0.2) is 54.7 Å². The number of aldehydes is 1. The second-order valence-electron chi connectivity index (χ2n) is 9.14. The summed E-state index contributed by atoms with van der Waals surface area (Å²) >= 11 is 0. The Bertz CT molecular complexity index is 1330. The molecule has 7 heteroatoms. The molecule has 7 nitrogen and oxygen atoms in total. The lowest BCUT2D eigenvalue weighted by Crippen LogP contribution is -2.38. The van der Waals surface area contributed by atoms with Crippen LogP contribution in [0.3, 0.4) is 0 Å². The zero-order valence-electron chi connectivity index (χ0n) is 19.7. The first-order valence-corrected chi connectivity index (χ1v) is 11.7. The van der Waals surface area contributed by atoms with Gasteiger partial charge in [-0.2, -0.15) is 0 Å². The number of aromatic amines is 1. The van der Waals surface area contributed by atoms with Crippen LogP contribution in [0.25, 0.3) is 21.8 Å². The molecule has 176 valence electrons. The van der Waals surface area contributed by atoms with Gasteiger partial charge in [-0.3, -0.25) is 4.79 Å². The van der Waals surface area contributed by atoms with Gasteiger partial charge in [-0.1, -0.05) is 12.1 Å². The predicted molar refractivity (Wildman–Crippen MR) is 133 cm³/mol. The molecule has 0 bridgehead atoms. The van der Waals surface area contributed by atoms with E-state index in [1.54, 1.807) is 12.0 Å². The Morgan fingerprint density at radius 2 is 1.97 bits per heavy atom. The van der Waals surface area contributed by atoms with Gasteiger partial charge in [0.2, 0.25) is 0 Å². The third-order valence-electron chi connectivity index (χ3n) is 6.57. The average molecular weight is 459 g/mol. The van der Waals surface area contributed by atoms with Crippen molar-refractivity contribution in [3.8, 4) is 5.75 Å². The van der Waals surface area contributed by atoms with E-state index >= 15 is 0 Å². The number of carbonyl (C=O) groups excluding carboxylic acids is 2. The molecular formula is C27H30N4O3. The summed E-state index contributed by atoms with van der Waals surface area (Å²) in [4.78, 5) is 31.4. The number of aromatic nitrogens is 2. The normalized spacial score (nSPS) is 13.6. The number of nitrogens with one attached hydrogen (secondary N) is 1. The Hall–Kier alpha value is -3.58. The molecule has 0 atom stereocenters. The average Bonchev–Trinajstić information content (AvgIpc) is 3.46. The summed E-state index contributed by atoms with van der Waals surface area (Å²) in [5.41, 5.74) is 3.87. The number of carbonyl (C=O) groups is 2. The van der Waals surface area contributed by atoms with Gasteiger partial charge in [0.25, 0.3) is 5.91 Å². The Labute approximate surface area is 198 Å². The van der Waals surface area contributed by atoms with Crippen LogP contribution in [-0.4, -0.2) is 65.3 Å². The summed E-state index contributed by atoms with van der Waals surface area (Å²) in [6.07, 6.45) is 5.50. The van der Waals surface area contributed by atoms with Crippen molar-refractivity contribution in [3.63, 3.8) is 0 Å². The molecule has 1 fully saturated rings. The first-order chi connectivity index (χ1) is 16.6. The minimum absolute atomic E-state index is 0.0617. The maximum atomic E-state index is 13.1. The molecule has 0 unspecified atom stereocenters.